The highest BCUT2D eigenvalue weighted by atomic mass is 16.5. The Morgan fingerprint density at radius 1 is 0.962 bits per heavy atom. The fraction of sp³-hybridized carbons (Fsp3) is 0.0909. The first-order valence-electron chi connectivity index (χ1n) is 8.32. The third-order valence-corrected chi connectivity index (χ3v) is 4.19. The molecule has 4 nitrogen and oxygen atoms in total. The number of hydrogen-bond acceptors (Lipinski definition) is 3. The Morgan fingerprint density at radius 3 is 2.19 bits per heavy atom. The topological polar surface area (TPSA) is 55.6 Å². The number of carbonyl (C=O) groups excluding carboxylic acids is 1. The summed E-state index contributed by atoms with van der Waals surface area (Å²) in [6.07, 6.45) is 0. The van der Waals surface area contributed by atoms with Crippen LogP contribution in [0.3, 0.4) is 0 Å². The Morgan fingerprint density at radius 2 is 1.58 bits per heavy atom. The molecule has 1 radical (unpaired) electrons. The van der Waals surface area contributed by atoms with Crippen molar-refractivity contribution in [1.82, 2.24) is 0 Å². The second-order valence-electron chi connectivity index (χ2n) is 6.03. The van der Waals surface area contributed by atoms with E-state index in [1.54, 1.807) is 0 Å². The van der Waals surface area contributed by atoms with Crippen molar-refractivity contribution in [3.8, 4) is 11.5 Å². The number of ether oxygens (including phenoxy) is 1. The van der Waals surface area contributed by atoms with E-state index in [1.807, 2.05) is 90.8 Å². The van der Waals surface area contributed by atoms with Gasteiger partial charge in [0.15, 0.2) is 0 Å². The Kier molecular flexibility index (Phi) is 5.23. The molecule has 0 saturated carbocycles. The fourth-order valence-electron chi connectivity index (χ4n) is 2.91. The summed E-state index contributed by atoms with van der Waals surface area (Å²) in [6.45, 7) is 4.08. The van der Waals surface area contributed by atoms with Crippen LogP contribution in [0.15, 0.2) is 78.9 Å². The molecule has 1 amide bonds. The predicted molar refractivity (Wildman–Crippen MR) is 104 cm³/mol. The highest BCUT2D eigenvalue weighted by molar-refractivity contribution is 5.85. The molecular weight excluding hydrogens is 324 g/mol. The van der Waals surface area contributed by atoms with Crippen molar-refractivity contribution in [2.75, 3.05) is 11.9 Å². The highest BCUT2D eigenvalue weighted by Crippen LogP contribution is 2.32. The number of carbonyl (C=O) groups is 1. The second-order valence-corrected chi connectivity index (χ2v) is 6.03. The van der Waals surface area contributed by atoms with Crippen LogP contribution < -0.4 is 15.4 Å². The van der Waals surface area contributed by atoms with Gasteiger partial charge in [0.1, 0.15) is 17.5 Å². The first-order chi connectivity index (χ1) is 12.6. The van der Waals surface area contributed by atoms with Crippen molar-refractivity contribution in [3.63, 3.8) is 0 Å². The molecule has 0 fully saturated rings. The minimum absolute atomic E-state index is 0.424. The number of nitrogens with zero attached hydrogens (tertiary/aromatic N) is 1. The molecule has 2 N–H and O–H groups in total. The molecule has 0 heterocycles. The van der Waals surface area contributed by atoms with Crippen molar-refractivity contribution >= 4 is 11.6 Å². The fourth-order valence-corrected chi connectivity index (χ4v) is 2.91. The van der Waals surface area contributed by atoms with Crippen LogP contribution in [0.5, 0.6) is 11.5 Å². The van der Waals surface area contributed by atoms with E-state index in [4.69, 9.17) is 10.5 Å². The summed E-state index contributed by atoms with van der Waals surface area (Å²) in [7, 11) is 1.83. The first kappa shape index (κ1) is 17.5. The van der Waals surface area contributed by atoms with E-state index in [1.165, 1.54) is 0 Å². The molecule has 0 aliphatic rings. The number of rotatable bonds is 6. The molecule has 131 valence electrons. The SMILES string of the molecule is [CH2]c1ccc(Oc2ccccc2)cc1N(C)[C@@H](C(N)=O)c1ccccc1. The van der Waals surface area contributed by atoms with Gasteiger partial charge in [0.2, 0.25) is 5.91 Å². The van der Waals surface area contributed by atoms with Gasteiger partial charge in [-0.1, -0.05) is 54.6 Å². The van der Waals surface area contributed by atoms with Crippen LogP contribution in [-0.4, -0.2) is 13.0 Å². The van der Waals surface area contributed by atoms with Gasteiger partial charge >= 0.3 is 0 Å². The van der Waals surface area contributed by atoms with E-state index in [0.717, 1.165) is 22.6 Å². The monoisotopic (exact) mass is 345 g/mol. The Balaban J connectivity index is 1.94. The zero-order chi connectivity index (χ0) is 18.5. The van der Waals surface area contributed by atoms with E-state index in [2.05, 4.69) is 6.92 Å². The zero-order valence-electron chi connectivity index (χ0n) is 14.6. The van der Waals surface area contributed by atoms with Crippen molar-refractivity contribution in [2.45, 2.75) is 6.04 Å². The minimum atomic E-state index is -0.594. The molecule has 1 atom stereocenters. The molecule has 4 heteroatoms. The molecule has 0 aliphatic heterocycles. The summed E-state index contributed by atoms with van der Waals surface area (Å²) in [5, 5.41) is 0. The maximum atomic E-state index is 12.1. The summed E-state index contributed by atoms with van der Waals surface area (Å²) < 4.78 is 5.90. The average molecular weight is 345 g/mol. The molecular formula is C22H21N2O2. The zero-order valence-corrected chi connectivity index (χ0v) is 14.6. The largest absolute Gasteiger partial charge is 0.457 e. The van der Waals surface area contributed by atoms with Crippen LogP contribution in [0, 0.1) is 6.92 Å². The van der Waals surface area contributed by atoms with E-state index in [-0.39, 0.29) is 0 Å². The quantitative estimate of drug-likeness (QED) is 0.724. The van der Waals surface area contributed by atoms with Crippen LogP contribution in [0.1, 0.15) is 17.2 Å². The molecule has 0 saturated heterocycles. The molecule has 0 unspecified atom stereocenters. The minimum Gasteiger partial charge on any atom is -0.457 e. The van der Waals surface area contributed by atoms with E-state index in [0.29, 0.717) is 5.75 Å². The molecule has 26 heavy (non-hydrogen) atoms. The van der Waals surface area contributed by atoms with E-state index >= 15 is 0 Å². The lowest BCUT2D eigenvalue weighted by atomic mass is 10.0. The summed E-state index contributed by atoms with van der Waals surface area (Å²) in [5.41, 5.74) is 8.09. The van der Waals surface area contributed by atoms with Crippen LogP contribution in [0.25, 0.3) is 0 Å². The van der Waals surface area contributed by atoms with Crippen LogP contribution in [0.4, 0.5) is 5.69 Å². The number of primary amides is 1. The lowest BCUT2D eigenvalue weighted by Crippen LogP contribution is -2.35. The molecule has 3 rings (SSSR count). The predicted octanol–water partition coefficient (Wildman–Crippen LogP) is 4.32. The maximum absolute atomic E-state index is 12.1. The van der Waals surface area contributed by atoms with Crippen molar-refractivity contribution < 1.29 is 9.53 Å². The van der Waals surface area contributed by atoms with Gasteiger partial charge in [-0.2, -0.15) is 0 Å². The smallest absolute Gasteiger partial charge is 0.244 e. The lowest BCUT2D eigenvalue weighted by molar-refractivity contribution is -0.119. The van der Waals surface area contributed by atoms with Gasteiger partial charge in [-0.15, -0.1) is 0 Å². The van der Waals surface area contributed by atoms with Gasteiger partial charge in [0.05, 0.1) is 0 Å². The number of nitrogens with two attached hydrogens (primary N) is 1. The molecule has 0 aliphatic carbocycles. The lowest BCUT2D eigenvalue weighted by Gasteiger charge is -2.29. The summed E-state index contributed by atoms with van der Waals surface area (Å²) in [4.78, 5) is 14.0. The highest BCUT2D eigenvalue weighted by Gasteiger charge is 2.24. The van der Waals surface area contributed by atoms with Crippen molar-refractivity contribution in [2.24, 2.45) is 5.73 Å². The van der Waals surface area contributed by atoms with Gasteiger partial charge < -0.3 is 15.4 Å². The van der Waals surface area contributed by atoms with Crippen LogP contribution in [0.2, 0.25) is 0 Å². The van der Waals surface area contributed by atoms with Crippen LogP contribution >= 0.6 is 0 Å². The number of hydrogen-bond donors (Lipinski definition) is 1. The van der Waals surface area contributed by atoms with Gasteiger partial charge in [0, 0.05) is 18.8 Å². The molecule has 3 aromatic rings. The molecule has 3 aromatic carbocycles. The number of para-hydroxylation sites is 1. The third kappa shape index (κ3) is 3.86. The van der Waals surface area contributed by atoms with E-state index in [9.17, 15) is 4.79 Å². The maximum Gasteiger partial charge on any atom is 0.244 e. The Bertz CT molecular complexity index is 879. The van der Waals surface area contributed by atoms with Gasteiger partial charge in [-0.3, -0.25) is 4.79 Å². The van der Waals surface area contributed by atoms with Crippen LogP contribution in [-0.2, 0) is 4.79 Å². The van der Waals surface area contributed by atoms with E-state index < -0.39 is 11.9 Å². The number of likely N-dealkylation sites (N-methyl/N-ethyl adjacent to an activating group) is 1. The number of anilines is 1. The standard InChI is InChI=1S/C22H21N2O2/c1-16-13-14-19(26-18-11-7-4-8-12-18)15-20(16)24(2)21(22(23)25)17-9-5-3-6-10-17/h3-15,21H,1H2,2H3,(H2,23,25)/t21-/m1/s1. The first-order valence-corrected chi connectivity index (χ1v) is 8.32. The Hall–Kier alpha value is -3.27. The summed E-state index contributed by atoms with van der Waals surface area (Å²) in [6, 6.07) is 24.0. The van der Waals surface area contributed by atoms with Crippen molar-refractivity contribution in [3.05, 3.63) is 96.9 Å². The normalized spacial score (nSPS) is 11.6. The third-order valence-electron chi connectivity index (χ3n) is 4.19. The summed E-state index contributed by atoms with van der Waals surface area (Å²) >= 11 is 0. The average Bonchev–Trinajstić information content (AvgIpc) is 2.65. The Labute approximate surface area is 153 Å². The van der Waals surface area contributed by atoms with Gasteiger partial charge in [-0.25, -0.2) is 0 Å². The molecule has 0 aromatic heterocycles. The number of amides is 1. The van der Waals surface area contributed by atoms with Crippen molar-refractivity contribution in [1.29, 1.82) is 0 Å². The van der Waals surface area contributed by atoms with Gasteiger partial charge in [-0.05, 0) is 36.2 Å². The molecule has 0 bridgehead atoms. The second kappa shape index (κ2) is 7.74. The van der Waals surface area contributed by atoms with Gasteiger partial charge in [0.25, 0.3) is 0 Å². The molecule has 0 spiro atoms. The summed E-state index contributed by atoms with van der Waals surface area (Å²) in [5.74, 6) is 0.988. The number of benzene rings is 3.